The van der Waals surface area contributed by atoms with Gasteiger partial charge in [0, 0.05) is 5.56 Å². The van der Waals surface area contributed by atoms with Gasteiger partial charge in [0.25, 0.3) is 0 Å². The van der Waals surface area contributed by atoms with Crippen molar-refractivity contribution in [1.29, 1.82) is 0 Å². The van der Waals surface area contributed by atoms with Gasteiger partial charge < -0.3 is 0 Å². The molecule has 0 bridgehead atoms. The third-order valence-corrected chi connectivity index (χ3v) is 2.43. The molecule has 0 N–H and O–H groups in total. The van der Waals surface area contributed by atoms with E-state index in [0.29, 0.717) is 12.1 Å². The smallest absolute Gasteiger partial charge is 0.236 e. The molecule has 0 aliphatic rings. The molecule has 0 atom stereocenters. The van der Waals surface area contributed by atoms with Gasteiger partial charge in [-0.2, -0.15) is 30.7 Å². The first-order valence-electron chi connectivity index (χ1n) is 5.04. The first-order chi connectivity index (χ1) is 8.54. The largest absolute Gasteiger partial charge is 0.460 e. The lowest BCUT2D eigenvalue weighted by molar-refractivity contribution is -0.359. The van der Waals surface area contributed by atoms with Gasteiger partial charge in [0.1, 0.15) is 0 Å². The van der Waals surface area contributed by atoms with Gasteiger partial charge >= 0.3 is 18.0 Å². The van der Waals surface area contributed by atoms with Gasteiger partial charge in [-0.05, 0) is 18.1 Å². The Bertz CT molecular complexity index is 439. The van der Waals surface area contributed by atoms with Crippen molar-refractivity contribution >= 4 is 0 Å². The molecule has 0 amide bonds. The predicted octanol–water partition coefficient (Wildman–Crippen LogP) is 3.95. The minimum Gasteiger partial charge on any atom is -0.236 e. The van der Waals surface area contributed by atoms with Crippen LogP contribution < -0.4 is 0 Å². The molecule has 0 unspecified atom stereocenters. The van der Waals surface area contributed by atoms with Crippen LogP contribution in [0.4, 0.5) is 30.7 Å². The van der Waals surface area contributed by atoms with Gasteiger partial charge in [-0.15, -0.1) is 0 Å². The fourth-order valence-electron chi connectivity index (χ4n) is 1.40. The van der Waals surface area contributed by atoms with Crippen LogP contribution in [0, 0.1) is 0 Å². The van der Waals surface area contributed by atoms with E-state index in [1.54, 1.807) is 0 Å². The van der Waals surface area contributed by atoms with E-state index >= 15 is 0 Å². The lowest BCUT2D eigenvalue weighted by Crippen LogP contribution is -2.50. The maximum Gasteiger partial charge on any atom is 0.460 e. The van der Waals surface area contributed by atoms with Gasteiger partial charge in [0.2, 0.25) is 0 Å². The quantitative estimate of drug-likeness (QED) is 0.748. The highest BCUT2D eigenvalue weighted by Gasteiger charge is 2.73. The van der Waals surface area contributed by atoms with Crippen LogP contribution >= 0.6 is 0 Å². The third-order valence-electron chi connectivity index (χ3n) is 2.43. The number of rotatable bonds is 4. The Labute approximate surface area is 103 Å². The fraction of sp³-hybridized carbons (Fsp3) is 0.455. The summed E-state index contributed by atoms with van der Waals surface area (Å²) in [6.45, 7) is -0.690. The Balaban J connectivity index is 3.23. The van der Waals surface area contributed by atoms with Crippen LogP contribution in [0.5, 0.6) is 0 Å². The van der Waals surface area contributed by atoms with E-state index in [2.05, 4.69) is 0 Å². The van der Waals surface area contributed by atoms with Crippen molar-refractivity contribution in [2.24, 2.45) is 0 Å². The Morgan fingerprint density at radius 3 is 2.00 bits per heavy atom. The Kier molecular flexibility index (Phi) is 4.14. The van der Waals surface area contributed by atoms with Crippen LogP contribution in [0.15, 0.2) is 24.3 Å². The highest BCUT2D eigenvalue weighted by atomic mass is 19.4. The van der Waals surface area contributed by atoms with E-state index < -0.39 is 30.2 Å². The SMILES string of the molecule is [O]CCc1cccc(C(F)(F)C(F)(F)C(F)(F)F)c1. The van der Waals surface area contributed by atoms with Crippen molar-refractivity contribution < 1.29 is 35.8 Å². The fourth-order valence-corrected chi connectivity index (χ4v) is 1.40. The average Bonchev–Trinajstić information content (AvgIpc) is 2.28. The van der Waals surface area contributed by atoms with Crippen LogP contribution in [0.1, 0.15) is 11.1 Å². The van der Waals surface area contributed by atoms with E-state index in [1.807, 2.05) is 0 Å². The molecule has 0 fully saturated rings. The summed E-state index contributed by atoms with van der Waals surface area (Å²) < 4.78 is 88.1. The second kappa shape index (κ2) is 4.99. The summed E-state index contributed by atoms with van der Waals surface area (Å²) in [7, 11) is 0. The monoisotopic (exact) mass is 289 g/mol. The summed E-state index contributed by atoms with van der Waals surface area (Å²) in [6, 6.07) is 3.05. The van der Waals surface area contributed by atoms with E-state index in [-0.39, 0.29) is 12.0 Å². The zero-order valence-corrected chi connectivity index (χ0v) is 9.28. The van der Waals surface area contributed by atoms with Gasteiger partial charge in [0.05, 0.1) is 6.61 Å². The molecule has 8 heteroatoms. The highest BCUT2D eigenvalue weighted by Crippen LogP contribution is 2.51. The lowest BCUT2D eigenvalue weighted by Gasteiger charge is -2.28. The third kappa shape index (κ3) is 2.83. The standard InChI is InChI=1S/C11H8F7O/c12-9(13,10(14,15)11(16,17)18)8-3-1-2-7(6-8)4-5-19/h1-3,6H,4-5H2. The molecule has 0 aliphatic heterocycles. The first-order valence-corrected chi connectivity index (χ1v) is 5.04. The van der Waals surface area contributed by atoms with Gasteiger partial charge in [-0.25, -0.2) is 5.11 Å². The molecule has 0 spiro atoms. The molecule has 107 valence electrons. The minimum atomic E-state index is -6.37. The van der Waals surface area contributed by atoms with E-state index in [1.165, 1.54) is 6.07 Å². The Morgan fingerprint density at radius 2 is 1.53 bits per heavy atom. The molecule has 1 radical (unpaired) electrons. The molecular formula is C11H8F7O. The van der Waals surface area contributed by atoms with Crippen molar-refractivity contribution in [3.8, 4) is 0 Å². The predicted molar refractivity (Wildman–Crippen MR) is 50.6 cm³/mol. The highest BCUT2D eigenvalue weighted by molar-refractivity contribution is 5.29. The molecule has 0 aliphatic carbocycles. The molecule has 0 heterocycles. The van der Waals surface area contributed by atoms with E-state index in [4.69, 9.17) is 0 Å². The van der Waals surface area contributed by atoms with Crippen LogP contribution in [0.2, 0.25) is 0 Å². The van der Waals surface area contributed by atoms with Crippen molar-refractivity contribution in [3.63, 3.8) is 0 Å². The summed E-state index contributed by atoms with van der Waals surface area (Å²) in [5.41, 5.74) is -1.49. The molecular weight excluding hydrogens is 281 g/mol. The van der Waals surface area contributed by atoms with Crippen molar-refractivity contribution in [3.05, 3.63) is 35.4 Å². The first kappa shape index (κ1) is 15.7. The molecule has 0 aromatic heterocycles. The second-order valence-corrected chi connectivity index (χ2v) is 3.80. The van der Waals surface area contributed by atoms with E-state index in [0.717, 1.165) is 6.07 Å². The molecule has 19 heavy (non-hydrogen) atoms. The van der Waals surface area contributed by atoms with Crippen molar-refractivity contribution in [2.45, 2.75) is 24.4 Å². The summed E-state index contributed by atoms with van der Waals surface area (Å²) >= 11 is 0. The van der Waals surface area contributed by atoms with Crippen LogP contribution in [-0.4, -0.2) is 18.7 Å². The maximum absolute atomic E-state index is 13.3. The van der Waals surface area contributed by atoms with Crippen molar-refractivity contribution in [2.75, 3.05) is 6.61 Å². The van der Waals surface area contributed by atoms with Crippen LogP contribution in [0.3, 0.4) is 0 Å². The summed E-state index contributed by atoms with van der Waals surface area (Å²) in [5.74, 6) is -11.6. The second-order valence-electron chi connectivity index (χ2n) is 3.80. The Hall–Kier alpha value is -1.31. The summed E-state index contributed by atoms with van der Waals surface area (Å²) in [4.78, 5) is 0. The van der Waals surface area contributed by atoms with Crippen molar-refractivity contribution in [1.82, 2.24) is 0 Å². The molecule has 0 saturated carbocycles. The topological polar surface area (TPSA) is 19.9 Å². The molecule has 1 nitrogen and oxygen atoms in total. The molecule has 0 saturated heterocycles. The van der Waals surface area contributed by atoms with E-state index in [9.17, 15) is 35.8 Å². The number of alkyl halides is 7. The zero-order chi connectivity index (χ0) is 14.9. The van der Waals surface area contributed by atoms with Gasteiger partial charge in [0.15, 0.2) is 0 Å². The normalized spacial score (nSPS) is 13.7. The zero-order valence-electron chi connectivity index (χ0n) is 9.28. The summed E-state index contributed by atoms with van der Waals surface area (Å²) in [5, 5.41) is 10.3. The lowest BCUT2D eigenvalue weighted by atomic mass is 9.99. The van der Waals surface area contributed by atoms with Crippen LogP contribution in [-0.2, 0) is 17.4 Å². The van der Waals surface area contributed by atoms with Gasteiger partial charge in [-0.1, -0.05) is 18.2 Å². The minimum absolute atomic E-state index is 0.0230. The number of benzene rings is 1. The Morgan fingerprint density at radius 1 is 0.947 bits per heavy atom. The molecule has 1 rings (SSSR count). The van der Waals surface area contributed by atoms with Gasteiger partial charge in [-0.3, -0.25) is 0 Å². The number of halogens is 7. The number of hydrogen-bond donors (Lipinski definition) is 0. The molecule has 1 aromatic carbocycles. The van der Waals surface area contributed by atoms with Crippen LogP contribution in [0.25, 0.3) is 0 Å². The average molecular weight is 289 g/mol. The molecule has 1 aromatic rings. The number of hydrogen-bond acceptors (Lipinski definition) is 0. The maximum atomic E-state index is 13.3. The summed E-state index contributed by atoms with van der Waals surface area (Å²) in [6.07, 6.45) is -6.60.